The lowest BCUT2D eigenvalue weighted by atomic mass is 9.98. The van der Waals surface area contributed by atoms with E-state index in [1.165, 1.54) is 10.5 Å². The number of sulfonamides is 1. The first-order valence-corrected chi connectivity index (χ1v) is 12.8. The van der Waals surface area contributed by atoms with E-state index in [-0.39, 0.29) is 18.1 Å². The minimum atomic E-state index is -3.71. The molecule has 184 valence electrons. The Balaban J connectivity index is 1.24. The smallest absolute Gasteiger partial charge is 0.309 e. The standard InChI is InChI=1S/C25H28N4O5S/c1-18-26-24(16-28(18)2)35(32,33)29-14-12-21(13-15-29)25(31)34-17-23(30)27-22-10-8-20(9-11-22)19-6-4-3-5-7-19/h3-11,16,21H,12-15,17H2,1-2H3,(H,27,30). The predicted octanol–water partition coefficient (Wildman–Crippen LogP) is 2.98. The van der Waals surface area contributed by atoms with Gasteiger partial charge in [-0.1, -0.05) is 42.5 Å². The van der Waals surface area contributed by atoms with Gasteiger partial charge in [-0.05, 0) is 43.0 Å². The number of nitrogens with zero attached hydrogens (tertiary/aromatic N) is 3. The van der Waals surface area contributed by atoms with Crippen LogP contribution in [0.1, 0.15) is 18.7 Å². The van der Waals surface area contributed by atoms with Gasteiger partial charge in [0.2, 0.25) is 0 Å². The molecular formula is C25H28N4O5S. The van der Waals surface area contributed by atoms with E-state index >= 15 is 0 Å². The second-order valence-electron chi connectivity index (χ2n) is 8.51. The van der Waals surface area contributed by atoms with Crippen LogP contribution in [0.5, 0.6) is 0 Å². The number of esters is 1. The van der Waals surface area contributed by atoms with Crippen LogP contribution in [0.4, 0.5) is 5.69 Å². The Morgan fingerprint density at radius 3 is 2.26 bits per heavy atom. The average molecular weight is 497 g/mol. The van der Waals surface area contributed by atoms with Crippen molar-refractivity contribution in [3.63, 3.8) is 0 Å². The van der Waals surface area contributed by atoms with Crippen molar-refractivity contribution in [3.05, 3.63) is 66.6 Å². The molecule has 1 fully saturated rings. The van der Waals surface area contributed by atoms with Crippen LogP contribution in [0.2, 0.25) is 0 Å². The quantitative estimate of drug-likeness (QED) is 0.504. The number of amides is 1. The van der Waals surface area contributed by atoms with Gasteiger partial charge in [-0.3, -0.25) is 9.59 Å². The van der Waals surface area contributed by atoms with E-state index in [9.17, 15) is 18.0 Å². The molecule has 1 N–H and O–H groups in total. The highest BCUT2D eigenvalue weighted by atomic mass is 32.2. The van der Waals surface area contributed by atoms with E-state index in [2.05, 4.69) is 10.3 Å². The maximum atomic E-state index is 12.8. The minimum Gasteiger partial charge on any atom is -0.455 e. The molecule has 1 aliphatic rings. The van der Waals surface area contributed by atoms with Gasteiger partial charge in [0.15, 0.2) is 11.6 Å². The van der Waals surface area contributed by atoms with Crippen molar-refractivity contribution in [3.8, 4) is 11.1 Å². The number of rotatable bonds is 7. The summed E-state index contributed by atoms with van der Waals surface area (Å²) in [6, 6.07) is 17.3. The highest BCUT2D eigenvalue weighted by Gasteiger charge is 2.34. The van der Waals surface area contributed by atoms with E-state index in [0.29, 0.717) is 24.4 Å². The summed E-state index contributed by atoms with van der Waals surface area (Å²) in [5.41, 5.74) is 2.71. The molecule has 0 saturated carbocycles. The number of piperidine rings is 1. The van der Waals surface area contributed by atoms with Crippen LogP contribution in [-0.2, 0) is 31.4 Å². The monoisotopic (exact) mass is 496 g/mol. The van der Waals surface area contributed by atoms with E-state index in [1.807, 2.05) is 42.5 Å². The molecule has 0 aliphatic carbocycles. The lowest BCUT2D eigenvalue weighted by Gasteiger charge is -2.29. The van der Waals surface area contributed by atoms with Crippen molar-refractivity contribution < 1.29 is 22.7 Å². The topological polar surface area (TPSA) is 111 Å². The molecule has 0 radical (unpaired) electrons. The molecule has 1 saturated heterocycles. The Labute approximate surface area is 204 Å². The first kappa shape index (κ1) is 24.6. The lowest BCUT2D eigenvalue weighted by molar-refractivity contribution is -0.152. The predicted molar refractivity (Wildman–Crippen MR) is 131 cm³/mol. The van der Waals surface area contributed by atoms with Crippen molar-refractivity contribution >= 4 is 27.6 Å². The Morgan fingerprint density at radius 2 is 1.66 bits per heavy atom. The van der Waals surface area contributed by atoms with Gasteiger partial charge in [0.1, 0.15) is 5.82 Å². The van der Waals surface area contributed by atoms with Crippen LogP contribution in [0, 0.1) is 12.8 Å². The highest BCUT2D eigenvalue weighted by molar-refractivity contribution is 7.89. The van der Waals surface area contributed by atoms with Crippen LogP contribution in [0.25, 0.3) is 11.1 Å². The third-order valence-electron chi connectivity index (χ3n) is 6.10. The number of ether oxygens (including phenoxy) is 1. The molecule has 1 amide bonds. The van der Waals surface area contributed by atoms with Gasteiger partial charge in [-0.2, -0.15) is 4.31 Å². The third kappa shape index (κ3) is 5.77. The zero-order chi connectivity index (χ0) is 25.0. The van der Waals surface area contributed by atoms with Crippen molar-refractivity contribution in [1.29, 1.82) is 0 Å². The second-order valence-corrected chi connectivity index (χ2v) is 10.4. The third-order valence-corrected chi connectivity index (χ3v) is 7.87. The molecule has 0 unspecified atom stereocenters. The van der Waals surface area contributed by atoms with E-state index in [4.69, 9.17) is 4.74 Å². The van der Waals surface area contributed by atoms with Gasteiger partial charge < -0.3 is 14.6 Å². The molecule has 4 rings (SSSR count). The highest BCUT2D eigenvalue weighted by Crippen LogP contribution is 2.25. The molecule has 35 heavy (non-hydrogen) atoms. The zero-order valence-electron chi connectivity index (χ0n) is 19.7. The van der Waals surface area contributed by atoms with E-state index in [1.54, 1.807) is 30.7 Å². The SMILES string of the molecule is Cc1nc(S(=O)(=O)N2CCC(C(=O)OCC(=O)Nc3ccc(-c4ccccc4)cc3)CC2)cn1C. The number of imidazole rings is 1. The van der Waals surface area contributed by atoms with Crippen molar-refractivity contribution in [2.24, 2.45) is 13.0 Å². The molecule has 3 aromatic rings. The summed E-state index contributed by atoms with van der Waals surface area (Å²) >= 11 is 0. The first-order valence-electron chi connectivity index (χ1n) is 11.4. The van der Waals surface area contributed by atoms with Gasteiger partial charge in [0.05, 0.1) is 5.92 Å². The maximum Gasteiger partial charge on any atom is 0.309 e. The van der Waals surface area contributed by atoms with Crippen LogP contribution in [0.15, 0.2) is 65.8 Å². The molecular weight excluding hydrogens is 468 g/mol. The van der Waals surface area contributed by atoms with Crippen LogP contribution in [0.3, 0.4) is 0 Å². The summed E-state index contributed by atoms with van der Waals surface area (Å²) in [5, 5.41) is 2.72. The average Bonchev–Trinajstić information content (AvgIpc) is 3.22. The number of hydrogen-bond acceptors (Lipinski definition) is 6. The number of nitrogens with one attached hydrogen (secondary N) is 1. The summed E-state index contributed by atoms with van der Waals surface area (Å²) in [5.74, 6) is -0.779. The molecule has 0 spiro atoms. The van der Waals surface area contributed by atoms with Crippen molar-refractivity contribution in [1.82, 2.24) is 13.9 Å². The maximum absolute atomic E-state index is 12.8. The number of hydrogen-bond donors (Lipinski definition) is 1. The van der Waals surface area contributed by atoms with Crippen LogP contribution >= 0.6 is 0 Å². The van der Waals surface area contributed by atoms with Crippen LogP contribution in [-0.4, -0.2) is 53.8 Å². The number of benzene rings is 2. The summed E-state index contributed by atoms with van der Waals surface area (Å²) in [7, 11) is -1.97. The summed E-state index contributed by atoms with van der Waals surface area (Å²) in [4.78, 5) is 28.8. The number of carbonyl (C=O) groups excluding carboxylic acids is 2. The van der Waals surface area contributed by atoms with Gasteiger partial charge in [-0.15, -0.1) is 0 Å². The Kier molecular flexibility index (Phi) is 7.32. The minimum absolute atomic E-state index is 0.00648. The molecule has 0 bridgehead atoms. The number of aromatic nitrogens is 2. The number of anilines is 1. The molecule has 0 atom stereocenters. The van der Waals surface area contributed by atoms with Gasteiger partial charge >= 0.3 is 5.97 Å². The Hall–Kier alpha value is -3.50. The van der Waals surface area contributed by atoms with Gasteiger partial charge in [0, 0.05) is 32.0 Å². The summed E-state index contributed by atoms with van der Waals surface area (Å²) < 4.78 is 33.8. The molecule has 1 aromatic heterocycles. The lowest BCUT2D eigenvalue weighted by Crippen LogP contribution is -2.41. The fraction of sp³-hybridized carbons (Fsp3) is 0.320. The zero-order valence-corrected chi connectivity index (χ0v) is 20.5. The summed E-state index contributed by atoms with van der Waals surface area (Å²) in [6.07, 6.45) is 2.14. The van der Waals surface area contributed by atoms with Crippen molar-refractivity contribution in [2.75, 3.05) is 25.0 Å². The molecule has 10 heteroatoms. The van der Waals surface area contributed by atoms with Gasteiger partial charge in [0.25, 0.3) is 15.9 Å². The number of aryl methyl sites for hydroxylation is 2. The summed E-state index contributed by atoms with van der Waals surface area (Å²) in [6.45, 7) is 1.72. The molecule has 1 aliphatic heterocycles. The van der Waals surface area contributed by atoms with E-state index in [0.717, 1.165) is 11.1 Å². The van der Waals surface area contributed by atoms with Crippen molar-refractivity contribution in [2.45, 2.75) is 24.8 Å². The first-order chi connectivity index (χ1) is 16.7. The fourth-order valence-corrected chi connectivity index (χ4v) is 5.44. The van der Waals surface area contributed by atoms with E-state index < -0.39 is 34.4 Å². The number of carbonyl (C=O) groups is 2. The van der Waals surface area contributed by atoms with Gasteiger partial charge in [-0.25, -0.2) is 13.4 Å². The molecule has 9 nitrogen and oxygen atoms in total. The second kappa shape index (κ2) is 10.4. The molecule has 2 heterocycles. The van der Waals surface area contributed by atoms with Crippen LogP contribution < -0.4 is 5.32 Å². The normalized spacial score (nSPS) is 15.0. The largest absolute Gasteiger partial charge is 0.455 e. The Bertz CT molecular complexity index is 1280. The molecule has 2 aromatic carbocycles. The fourth-order valence-electron chi connectivity index (χ4n) is 3.94. The Morgan fingerprint density at radius 1 is 1.03 bits per heavy atom.